The highest BCUT2D eigenvalue weighted by Gasteiger charge is 2.06. The van der Waals surface area contributed by atoms with Crippen LogP contribution in [0.5, 0.6) is 0 Å². The molecular weight excluding hydrogens is 320 g/mol. The van der Waals surface area contributed by atoms with Crippen LogP contribution in [-0.4, -0.2) is 36.9 Å². The van der Waals surface area contributed by atoms with E-state index in [1.54, 1.807) is 0 Å². The van der Waals surface area contributed by atoms with Gasteiger partial charge in [0.25, 0.3) is 0 Å². The topological polar surface area (TPSA) is 24.8 Å². The van der Waals surface area contributed by atoms with Gasteiger partial charge in [0.2, 0.25) is 0 Å². The van der Waals surface area contributed by atoms with Crippen molar-refractivity contribution in [3.63, 3.8) is 0 Å². The lowest BCUT2D eigenvalue weighted by Gasteiger charge is -2.16. The molecule has 0 saturated carbocycles. The van der Waals surface area contributed by atoms with Crippen molar-refractivity contribution in [1.29, 1.82) is 0 Å². The number of likely N-dealkylation sites (N-methyl/N-ethyl adjacent to an activating group) is 1. The van der Waals surface area contributed by atoms with Gasteiger partial charge in [-0.1, -0.05) is 79.2 Å². The van der Waals surface area contributed by atoms with Gasteiger partial charge in [-0.05, 0) is 50.4 Å². The van der Waals surface area contributed by atoms with E-state index in [9.17, 15) is 0 Å². The summed E-state index contributed by atoms with van der Waals surface area (Å²) in [5.74, 6) is 0. The van der Waals surface area contributed by atoms with Gasteiger partial charge in [-0.15, -0.1) is 0 Å². The summed E-state index contributed by atoms with van der Waals surface area (Å²) < 4.78 is 0. The number of nitrogens with zero attached hydrogens (tertiary/aromatic N) is 2. The first-order valence-electron chi connectivity index (χ1n) is 9.75. The second-order valence-corrected chi connectivity index (χ2v) is 6.60. The lowest BCUT2D eigenvalue weighted by molar-refractivity contribution is 0.114. The Morgan fingerprint density at radius 1 is 0.962 bits per heavy atom. The lowest BCUT2D eigenvalue weighted by Crippen LogP contribution is -2.26. The van der Waals surface area contributed by atoms with Crippen LogP contribution in [0.15, 0.2) is 59.8 Å². The number of benzene rings is 2. The van der Waals surface area contributed by atoms with Gasteiger partial charge in [0.05, 0.1) is 5.71 Å². The molecule has 0 bridgehead atoms. The predicted molar refractivity (Wildman–Crippen MR) is 111 cm³/mol. The van der Waals surface area contributed by atoms with Crippen LogP contribution in [0.3, 0.4) is 0 Å². The van der Waals surface area contributed by atoms with Crippen molar-refractivity contribution in [3.05, 3.63) is 71.3 Å². The molecule has 0 heterocycles. The minimum absolute atomic E-state index is 0.635. The predicted octanol–water partition coefficient (Wildman–Crippen LogP) is 5.08. The number of aryl methyl sites for hydroxylation is 2. The Hall–Kier alpha value is -2.13. The smallest absolute Gasteiger partial charge is 0.129 e. The second kappa shape index (κ2) is 11.5. The SMILES string of the molecule is CCN(CC)CCO/N=C(\CCCc1ccccc1)c1ccc(C)cc1. The van der Waals surface area contributed by atoms with E-state index in [1.807, 2.05) is 0 Å². The summed E-state index contributed by atoms with van der Waals surface area (Å²) in [7, 11) is 0. The minimum atomic E-state index is 0.635. The van der Waals surface area contributed by atoms with Crippen LogP contribution in [0, 0.1) is 6.92 Å². The van der Waals surface area contributed by atoms with Crippen molar-refractivity contribution in [3.8, 4) is 0 Å². The van der Waals surface area contributed by atoms with E-state index in [2.05, 4.69) is 85.4 Å². The van der Waals surface area contributed by atoms with Gasteiger partial charge >= 0.3 is 0 Å². The van der Waals surface area contributed by atoms with Crippen LogP contribution in [0.4, 0.5) is 0 Å². The van der Waals surface area contributed by atoms with Crippen LogP contribution in [-0.2, 0) is 11.3 Å². The van der Waals surface area contributed by atoms with E-state index in [-0.39, 0.29) is 0 Å². The van der Waals surface area contributed by atoms with Crippen molar-refractivity contribution in [2.75, 3.05) is 26.2 Å². The molecule has 0 N–H and O–H groups in total. The molecule has 0 unspecified atom stereocenters. The van der Waals surface area contributed by atoms with Crippen molar-refractivity contribution < 1.29 is 4.84 Å². The first-order valence-corrected chi connectivity index (χ1v) is 9.75. The Morgan fingerprint density at radius 3 is 2.31 bits per heavy atom. The molecule has 0 amide bonds. The molecule has 0 saturated heterocycles. The highest BCUT2D eigenvalue weighted by Crippen LogP contribution is 2.12. The fourth-order valence-electron chi connectivity index (χ4n) is 2.93. The van der Waals surface area contributed by atoms with Gasteiger partial charge in [-0.25, -0.2) is 0 Å². The normalized spacial score (nSPS) is 11.8. The van der Waals surface area contributed by atoms with Crippen LogP contribution < -0.4 is 0 Å². The van der Waals surface area contributed by atoms with Crippen LogP contribution in [0.25, 0.3) is 0 Å². The summed E-state index contributed by atoms with van der Waals surface area (Å²) in [5.41, 5.74) is 4.84. The molecule has 0 fully saturated rings. The maximum atomic E-state index is 5.66. The molecule has 0 atom stereocenters. The maximum Gasteiger partial charge on any atom is 0.129 e. The van der Waals surface area contributed by atoms with Gasteiger partial charge in [-0.2, -0.15) is 0 Å². The van der Waals surface area contributed by atoms with E-state index in [1.165, 1.54) is 11.1 Å². The molecule has 3 heteroatoms. The molecular formula is C23H32N2O. The summed E-state index contributed by atoms with van der Waals surface area (Å²) in [5, 5.41) is 4.49. The Bertz CT molecular complexity index is 646. The fraction of sp³-hybridized carbons (Fsp3) is 0.435. The Labute approximate surface area is 158 Å². The second-order valence-electron chi connectivity index (χ2n) is 6.60. The highest BCUT2D eigenvalue weighted by atomic mass is 16.6. The third-order valence-corrected chi connectivity index (χ3v) is 4.67. The van der Waals surface area contributed by atoms with Crippen molar-refractivity contribution in [1.82, 2.24) is 4.90 Å². The summed E-state index contributed by atoms with van der Waals surface area (Å²) in [4.78, 5) is 8.01. The van der Waals surface area contributed by atoms with Crippen molar-refractivity contribution in [2.45, 2.75) is 40.0 Å². The standard InChI is InChI=1S/C23H32N2O/c1-4-25(5-2)18-19-26-24-23(22-16-14-20(3)15-17-22)13-9-12-21-10-7-6-8-11-21/h6-8,10-11,14-17H,4-5,9,12-13,18-19H2,1-3H3/b24-23+. The van der Waals surface area contributed by atoms with E-state index in [0.29, 0.717) is 6.61 Å². The molecule has 0 spiro atoms. The molecule has 0 aromatic heterocycles. The average Bonchev–Trinajstić information content (AvgIpc) is 2.68. The minimum Gasteiger partial charge on any atom is -0.394 e. The Kier molecular flexibility index (Phi) is 8.91. The van der Waals surface area contributed by atoms with Gasteiger partial charge < -0.3 is 9.74 Å². The number of hydrogen-bond donors (Lipinski definition) is 0. The molecule has 0 aliphatic carbocycles. The van der Waals surface area contributed by atoms with Crippen molar-refractivity contribution >= 4 is 5.71 Å². The third kappa shape index (κ3) is 7.01. The third-order valence-electron chi connectivity index (χ3n) is 4.67. The summed E-state index contributed by atoms with van der Waals surface area (Å²) in [6.45, 7) is 10.1. The zero-order valence-corrected chi connectivity index (χ0v) is 16.4. The average molecular weight is 353 g/mol. The summed E-state index contributed by atoms with van der Waals surface area (Å²) >= 11 is 0. The summed E-state index contributed by atoms with van der Waals surface area (Å²) in [6.07, 6.45) is 3.05. The Balaban J connectivity index is 1.94. The quantitative estimate of drug-likeness (QED) is 0.320. The van der Waals surface area contributed by atoms with Gasteiger partial charge in [0, 0.05) is 6.54 Å². The zero-order chi connectivity index (χ0) is 18.6. The zero-order valence-electron chi connectivity index (χ0n) is 16.4. The Morgan fingerprint density at radius 2 is 1.65 bits per heavy atom. The maximum absolute atomic E-state index is 5.66. The molecule has 140 valence electrons. The fourth-order valence-corrected chi connectivity index (χ4v) is 2.93. The highest BCUT2D eigenvalue weighted by molar-refractivity contribution is 6.00. The number of rotatable bonds is 11. The molecule has 26 heavy (non-hydrogen) atoms. The first-order chi connectivity index (χ1) is 12.7. The monoisotopic (exact) mass is 352 g/mol. The van der Waals surface area contributed by atoms with Gasteiger partial charge in [0.1, 0.15) is 6.61 Å². The summed E-state index contributed by atoms with van der Waals surface area (Å²) in [6, 6.07) is 19.2. The van der Waals surface area contributed by atoms with E-state index >= 15 is 0 Å². The van der Waals surface area contributed by atoms with Crippen molar-refractivity contribution in [2.24, 2.45) is 5.16 Å². The van der Waals surface area contributed by atoms with E-state index in [4.69, 9.17) is 4.84 Å². The van der Waals surface area contributed by atoms with E-state index in [0.717, 1.165) is 50.2 Å². The van der Waals surface area contributed by atoms with Gasteiger partial charge in [-0.3, -0.25) is 0 Å². The molecule has 2 rings (SSSR count). The van der Waals surface area contributed by atoms with E-state index < -0.39 is 0 Å². The molecule has 2 aromatic carbocycles. The first kappa shape index (κ1) is 20.2. The molecule has 0 radical (unpaired) electrons. The van der Waals surface area contributed by atoms with Crippen LogP contribution in [0.1, 0.15) is 43.4 Å². The number of hydrogen-bond acceptors (Lipinski definition) is 3. The molecule has 2 aromatic rings. The number of oxime groups is 1. The van der Waals surface area contributed by atoms with Gasteiger partial charge in [0.15, 0.2) is 0 Å². The lowest BCUT2D eigenvalue weighted by atomic mass is 10.0. The largest absolute Gasteiger partial charge is 0.394 e. The molecule has 0 aliphatic rings. The molecule has 3 nitrogen and oxygen atoms in total. The molecule has 0 aliphatic heterocycles. The van der Waals surface area contributed by atoms with Crippen LogP contribution >= 0.6 is 0 Å². The van der Waals surface area contributed by atoms with Crippen LogP contribution in [0.2, 0.25) is 0 Å².